The highest BCUT2D eigenvalue weighted by Gasteiger charge is 2.17. The van der Waals surface area contributed by atoms with Crippen LogP contribution in [0.25, 0.3) is 10.9 Å². The molecule has 21 heavy (non-hydrogen) atoms. The summed E-state index contributed by atoms with van der Waals surface area (Å²) in [4.78, 5) is 27.0. The molecule has 2 N–H and O–H groups in total. The number of nitrogens with zero attached hydrogens (tertiary/aromatic N) is 1. The summed E-state index contributed by atoms with van der Waals surface area (Å²) in [5.74, 6) is -1.37. The molecule has 6 nitrogen and oxygen atoms in total. The lowest BCUT2D eigenvalue weighted by molar-refractivity contribution is -0.148. The van der Waals surface area contributed by atoms with Gasteiger partial charge in [0.15, 0.2) is 6.10 Å². The summed E-state index contributed by atoms with van der Waals surface area (Å²) in [6.45, 7) is -0.0666. The van der Waals surface area contributed by atoms with E-state index in [1.54, 1.807) is 6.20 Å². The third kappa shape index (κ3) is 3.76. The summed E-state index contributed by atoms with van der Waals surface area (Å²) in [6, 6.07) is 9.38. The number of aliphatic carboxylic acids is 1. The molecule has 1 amide bonds. The van der Waals surface area contributed by atoms with Crippen molar-refractivity contribution in [3.63, 3.8) is 0 Å². The second-order valence-corrected chi connectivity index (χ2v) is 4.54. The van der Waals surface area contributed by atoms with Crippen molar-refractivity contribution in [2.24, 2.45) is 0 Å². The highest BCUT2D eigenvalue weighted by molar-refractivity contribution is 5.87. The summed E-state index contributed by atoms with van der Waals surface area (Å²) < 4.78 is 4.76. The first kappa shape index (κ1) is 14.9. The zero-order chi connectivity index (χ0) is 15.2. The number of carbonyl (C=O) groups excluding carboxylic acids is 1. The van der Waals surface area contributed by atoms with Gasteiger partial charge in [0.05, 0.1) is 18.5 Å². The molecule has 1 aromatic carbocycles. The molecule has 0 radical (unpaired) electrons. The second-order valence-electron chi connectivity index (χ2n) is 4.54. The Morgan fingerprint density at radius 1 is 1.33 bits per heavy atom. The first-order valence-electron chi connectivity index (χ1n) is 6.46. The molecule has 0 bridgehead atoms. The normalized spacial score (nSPS) is 12.0. The van der Waals surface area contributed by atoms with Crippen molar-refractivity contribution in [3.05, 3.63) is 42.1 Å². The Kier molecular flexibility index (Phi) is 4.84. The average molecular weight is 288 g/mol. The first-order chi connectivity index (χ1) is 10.1. The Labute approximate surface area is 121 Å². The molecule has 0 aliphatic heterocycles. The molecule has 1 unspecified atom stereocenters. The van der Waals surface area contributed by atoms with Crippen LogP contribution in [0.3, 0.4) is 0 Å². The van der Waals surface area contributed by atoms with Crippen molar-refractivity contribution in [1.29, 1.82) is 0 Å². The van der Waals surface area contributed by atoms with E-state index in [4.69, 9.17) is 9.84 Å². The molecular formula is C15H16N2O4. The number of methoxy groups -OCH3 is 1. The van der Waals surface area contributed by atoms with E-state index in [2.05, 4.69) is 10.3 Å². The van der Waals surface area contributed by atoms with E-state index in [0.29, 0.717) is 0 Å². The smallest absolute Gasteiger partial charge is 0.334 e. The molecule has 0 aliphatic rings. The Balaban J connectivity index is 2.03. The van der Waals surface area contributed by atoms with E-state index in [-0.39, 0.29) is 18.9 Å². The highest BCUT2D eigenvalue weighted by Crippen LogP contribution is 2.16. The lowest BCUT2D eigenvalue weighted by Crippen LogP contribution is -2.38. The fraction of sp³-hybridized carbons (Fsp3) is 0.267. The van der Waals surface area contributed by atoms with Gasteiger partial charge in [-0.05, 0) is 11.6 Å². The summed E-state index contributed by atoms with van der Waals surface area (Å²) in [7, 11) is 1.29. The molecular weight excluding hydrogens is 272 g/mol. The molecule has 1 atom stereocenters. The lowest BCUT2D eigenvalue weighted by atomic mass is 10.1. The van der Waals surface area contributed by atoms with Crippen LogP contribution in [0.2, 0.25) is 0 Å². The molecule has 0 saturated heterocycles. The van der Waals surface area contributed by atoms with Crippen LogP contribution in [0.1, 0.15) is 5.56 Å². The van der Waals surface area contributed by atoms with Crippen molar-refractivity contribution in [2.45, 2.75) is 12.5 Å². The van der Waals surface area contributed by atoms with Gasteiger partial charge < -0.3 is 15.2 Å². The Morgan fingerprint density at radius 2 is 2.10 bits per heavy atom. The van der Waals surface area contributed by atoms with E-state index in [9.17, 15) is 9.59 Å². The van der Waals surface area contributed by atoms with E-state index < -0.39 is 12.1 Å². The number of pyridine rings is 1. The van der Waals surface area contributed by atoms with Gasteiger partial charge in [-0.3, -0.25) is 9.78 Å². The van der Waals surface area contributed by atoms with Crippen LogP contribution in [0.5, 0.6) is 0 Å². The molecule has 0 aliphatic carbocycles. The van der Waals surface area contributed by atoms with E-state index in [1.165, 1.54) is 7.11 Å². The second kappa shape index (κ2) is 6.81. The number of benzene rings is 1. The number of hydrogen-bond acceptors (Lipinski definition) is 4. The van der Waals surface area contributed by atoms with Crippen LogP contribution in [0.4, 0.5) is 0 Å². The molecule has 6 heteroatoms. The number of ether oxygens (including phenoxy) is 1. The number of fused-ring (bicyclic) bond motifs is 1. The minimum Gasteiger partial charge on any atom is -0.479 e. The van der Waals surface area contributed by atoms with Gasteiger partial charge in [-0.2, -0.15) is 0 Å². The Morgan fingerprint density at radius 3 is 2.81 bits per heavy atom. The standard InChI is InChI=1S/C15H16N2O4/c1-21-12(15(19)20)9-17-13(18)8-11-5-2-4-10-6-3-7-16-14(10)11/h2-7,12H,8-9H2,1H3,(H,17,18)(H,19,20). The van der Waals surface area contributed by atoms with Crippen LogP contribution in [0.15, 0.2) is 36.5 Å². The van der Waals surface area contributed by atoms with Crippen LogP contribution in [-0.4, -0.2) is 41.7 Å². The first-order valence-corrected chi connectivity index (χ1v) is 6.46. The molecule has 1 heterocycles. The van der Waals surface area contributed by atoms with Gasteiger partial charge in [0.2, 0.25) is 5.91 Å². The fourth-order valence-electron chi connectivity index (χ4n) is 2.02. The molecule has 1 aromatic heterocycles. The number of rotatable bonds is 6. The van der Waals surface area contributed by atoms with Crippen molar-refractivity contribution < 1.29 is 19.4 Å². The molecule has 0 spiro atoms. The number of amides is 1. The van der Waals surface area contributed by atoms with Gasteiger partial charge in [0, 0.05) is 18.7 Å². The monoisotopic (exact) mass is 288 g/mol. The third-order valence-corrected chi connectivity index (χ3v) is 3.11. The Bertz CT molecular complexity index is 652. The number of aromatic nitrogens is 1. The largest absolute Gasteiger partial charge is 0.479 e. The highest BCUT2D eigenvalue weighted by atomic mass is 16.5. The van der Waals surface area contributed by atoms with Crippen LogP contribution in [0, 0.1) is 0 Å². The van der Waals surface area contributed by atoms with Crippen molar-refractivity contribution >= 4 is 22.8 Å². The van der Waals surface area contributed by atoms with Gasteiger partial charge in [0.1, 0.15) is 0 Å². The van der Waals surface area contributed by atoms with Crippen molar-refractivity contribution in [3.8, 4) is 0 Å². The fourth-order valence-corrected chi connectivity index (χ4v) is 2.02. The lowest BCUT2D eigenvalue weighted by Gasteiger charge is -2.12. The average Bonchev–Trinajstić information content (AvgIpc) is 2.48. The Hall–Kier alpha value is -2.47. The number of hydrogen-bond donors (Lipinski definition) is 2. The minimum absolute atomic E-state index is 0.0666. The van der Waals surface area contributed by atoms with Gasteiger partial charge in [0.25, 0.3) is 0 Å². The summed E-state index contributed by atoms with van der Waals surface area (Å²) in [5.41, 5.74) is 1.58. The third-order valence-electron chi connectivity index (χ3n) is 3.11. The number of nitrogens with one attached hydrogen (secondary N) is 1. The quantitative estimate of drug-likeness (QED) is 0.827. The number of para-hydroxylation sites is 1. The predicted octanol–water partition coefficient (Wildman–Crippen LogP) is 0.993. The maximum atomic E-state index is 11.9. The molecule has 2 aromatic rings. The van der Waals surface area contributed by atoms with Gasteiger partial charge >= 0.3 is 5.97 Å². The van der Waals surface area contributed by atoms with Crippen molar-refractivity contribution in [1.82, 2.24) is 10.3 Å². The van der Waals surface area contributed by atoms with Gasteiger partial charge in [-0.1, -0.05) is 24.3 Å². The van der Waals surface area contributed by atoms with Crippen molar-refractivity contribution in [2.75, 3.05) is 13.7 Å². The molecule has 0 saturated carbocycles. The topological polar surface area (TPSA) is 88.5 Å². The van der Waals surface area contributed by atoms with Crippen LogP contribution >= 0.6 is 0 Å². The number of carbonyl (C=O) groups is 2. The SMILES string of the molecule is COC(CNC(=O)Cc1cccc2cccnc12)C(=O)O. The number of carboxylic acids is 1. The van der Waals surface area contributed by atoms with Gasteiger partial charge in [-0.15, -0.1) is 0 Å². The van der Waals surface area contributed by atoms with Gasteiger partial charge in [-0.25, -0.2) is 4.79 Å². The van der Waals surface area contributed by atoms with Crippen LogP contribution in [-0.2, 0) is 20.7 Å². The van der Waals surface area contributed by atoms with E-state index in [1.807, 2.05) is 30.3 Å². The zero-order valence-corrected chi connectivity index (χ0v) is 11.6. The molecule has 110 valence electrons. The predicted molar refractivity (Wildman–Crippen MR) is 76.9 cm³/mol. The maximum absolute atomic E-state index is 11.9. The van der Waals surface area contributed by atoms with E-state index >= 15 is 0 Å². The summed E-state index contributed by atoms with van der Waals surface area (Å²) in [5, 5.41) is 12.3. The zero-order valence-electron chi connectivity index (χ0n) is 11.6. The van der Waals surface area contributed by atoms with Crippen LogP contribution < -0.4 is 5.32 Å². The summed E-state index contributed by atoms with van der Waals surface area (Å²) >= 11 is 0. The summed E-state index contributed by atoms with van der Waals surface area (Å²) in [6.07, 6.45) is 0.777. The molecule has 0 fully saturated rings. The molecule has 2 rings (SSSR count). The van der Waals surface area contributed by atoms with E-state index in [0.717, 1.165) is 16.5 Å². The number of carboxylic acid groups (broad SMARTS) is 1. The maximum Gasteiger partial charge on any atom is 0.334 e. The minimum atomic E-state index is -1.11.